The molecule has 7 heteroatoms. The standard InChI is InChI=1S/C37H31NO6/c1-3-34(39)43-19-17-41-28-21-25(22-29(23-28)42-18-20-44-35(40)4-2)24-38-32-15-13-26-9-5-7-11-30(26)36(32)37-31-12-8-6-10-27(31)14-16-33(37)38/h3-16,21-23H,1-2,17-20,24H2. The molecule has 0 fully saturated rings. The molecule has 0 unspecified atom stereocenters. The zero-order valence-corrected chi connectivity index (χ0v) is 24.2. The van der Waals surface area contributed by atoms with Crippen LogP contribution in [0.4, 0.5) is 0 Å². The third kappa shape index (κ3) is 5.85. The third-order valence-electron chi connectivity index (χ3n) is 7.45. The van der Waals surface area contributed by atoms with Crippen molar-refractivity contribution in [2.75, 3.05) is 26.4 Å². The molecule has 0 saturated heterocycles. The van der Waals surface area contributed by atoms with E-state index in [1.807, 2.05) is 12.1 Å². The molecule has 0 atom stereocenters. The van der Waals surface area contributed by atoms with E-state index in [0.717, 1.165) is 28.7 Å². The lowest BCUT2D eigenvalue weighted by atomic mass is 10.00. The van der Waals surface area contributed by atoms with Gasteiger partial charge in [0.15, 0.2) is 0 Å². The Hall–Kier alpha value is -5.56. The van der Waals surface area contributed by atoms with Crippen molar-refractivity contribution < 1.29 is 28.5 Å². The molecule has 0 bridgehead atoms. The van der Waals surface area contributed by atoms with Gasteiger partial charge in [0.1, 0.15) is 37.9 Å². The number of hydrogen-bond acceptors (Lipinski definition) is 6. The topological polar surface area (TPSA) is 76.0 Å². The minimum atomic E-state index is -0.508. The van der Waals surface area contributed by atoms with Gasteiger partial charge < -0.3 is 23.5 Å². The van der Waals surface area contributed by atoms with Gasteiger partial charge >= 0.3 is 11.9 Å². The second-order valence-corrected chi connectivity index (χ2v) is 10.2. The van der Waals surface area contributed by atoms with E-state index in [1.54, 1.807) is 6.07 Å². The molecule has 6 rings (SSSR count). The zero-order valence-electron chi connectivity index (χ0n) is 24.2. The number of ether oxygens (including phenoxy) is 4. The van der Waals surface area contributed by atoms with Crippen molar-refractivity contribution in [1.29, 1.82) is 0 Å². The molecule has 0 N–H and O–H groups in total. The van der Waals surface area contributed by atoms with E-state index in [4.69, 9.17) is 18.9 Å². The van der Waals surface area contributed by atoms with E-state index in [0.29, 0.717) is 18.0 Å². The van der Waals surface area contributed by atoms with Crippen molar-refractivity contribution in [3.63, 3.8) is 0 Å². The lowest BCUT2D eigenvalue weighted by Crippen LogP contribution is -2.12. The average Bonchev–Trinajstić information content (AvgIpc) is 3.38. The monoisotopic (exact) mass is 585 g/mol. The van der Waals surface area contributed by atoms with E-state index < -0.39 is 11.9 Å². The number of esters is 2. The maximum Gasteiger partial charge on any atom is 0.330 e. The van der Waals surface area contributed by atoms with Crippen molar-refractivity contribution in [3.8, 4) is 11.5 Å². The van der Waals surface area contributed by atoms with Gasteiger partial charge in [-0.15, -0.1) is 0 Å². The molecule has 0 radical (unpaired) electrons. The zero-order chi connectivity index (χ0) is 30.5. The van der Waals surface area contributed by atoms with Crippen LogP contribution in [0.1, 0.15) is 5.56 Å². The van der Waals surface area contributed by atoms with Crippen molar-refractivity contribution in [1.82, 2.24) is 4.57 Å². The highest BCUT2D eigenvalue weighted by Gasteiger charge is 2.17. The van der Waals surface area contributed by atoms with Gasteiger partial charge in [-0.1, -0.05) is 73.8 Å². The average molecular weight is 586 g/mol. The smallest absolute Gasteiger partial charge is 0.330 e. The normalized spacial score (nSPS) is 11.1. The second kappa shape index (κ2) is 12.8. The van der Waals surface area contributed by atoms with Crippen LogP contribution in [-0.4, -0.2) is 42.9 Å². The highest BCUT2D eigenvalue weighted by atomic mass is 16.6. The Morgan fingerprint density at radius 2 is 1.09 bits per heavy atom. The molecular weight excluding hydrogens is 554 g/mol. The van der Waals surface area contributed by atoms with Crippen molar-refractivity contribution in [2.45, 2.75) is 6.54 Å². The van der Waals surface area contributed by atoms with E-state index in [1.165, 1.54) is 32.3 Å². The fraction of sp³-hybridized carbons (Fsp3) is 0.135. The number of benzene rings is 5. The Balaban J connectivity index is 1.41. The van der Waals surface area contributed by atoms with Gasteiger partial charge in [-0.25, -0.2) is 9.59 Å². The molecule has 0 aliphatic carbocycles. The molecule has 6 aromatic rings. The van der Waals surface area contributed by atoms with Gasteiger partial charge in [-0.05, 0) is 51.4 Å². The maximum atomic E-state index is 11.4. The van der Waals surface area contributed by atoms with Gasteiger partial charge in [0.05, 0.1) is 11.0 Å². The lowest BCUT2D eigenvalue weighted by Gasteiger charge is -2.14. The number of nitrogens with zero attached hydrogens (tertiary/aromatic N) is 1. The van der Waals surface area contributed by atoms with E-state index >= 15 is 0 Å². The summed E-state index contributed by atoms with van der Waals surface area (Å²) in [7, 11) is 0. The van der Waals surface area contributed by atoms with Crippen molar-refractivity contribution in [3.05, 3.63) is 122 Å². The quantitative estimate of drug-likeness (QED) is 0.0848. The molecule has 0 amide bonds. The first kappa shape index (κ1) is 28.6. The molecular formula is C37H31NO6. The largest absolute Gasteiger partial charge is 0.490 e. The fourth-order valence-electron chi connectivity index (χ4n) is 5.59. The van der Waals surface area contributed by atoms with Crippen molar-refractivity contribution >= 4 is 55.3 Å². The first-order valence-corrected chi connectivity index (χ1v) is 14.3. The predicted octanol–water partition coefficient (Wildman–Crippen LogP) is 7.37. The second-order valence-electron chi connectivity index (χ2n) is 10.2. The number of rotatable bonds is 12. The Morgan fingerprint density at radius 1 is 0.614 bits per heavy atom. The number of fused-ring (bicyclic) bond motifs is 7. The van der Waals surface area contributed by atoms with Crippen LogP contribution in [-0.2, 0) is 25.6 Å². The number of hydrogen-bond donors (Lipinski definition) is 0. The van der Waals surface area contributed by atoms with Crippen LogP contribution in [0.5, 0.6) is 11.5 Å². The molecule has 220 valence electrons. The molecule has 0 aliphatic heterocycles. The molecule has 1 aromatic heterocycles. The van der Waals surface area contributed by atoms with Crippen LogP contribution in [0.2, 0.25) is 0 Å². The first-order valence-electron chi connectivity index (χ1n) is 14.3. The summed E-state index contributed by atoms with van der Waals surface area (Å²) < 4.78 is 24.4. The predicted molar refractivity (Wildman–Crippen MR) is 173 cm³/mol. The Morgan fingerprint density at radius 3 is 1.57 bits per heavy atom. The highest BCUT2D eigenvalue weighted by Crippen LogP contribution is 2.39. The summed E-state index contributed by atoms with van der Waals surface area (Å²) in [4.78, 5) is 22.9. The third-order valence-corrected chi connectivity index (χ3v) is 7.45. The first-order chi connectivity index (χ1) is 21.6. The molecule has 1 heterocycles. The van der Waals surface area contributed by atoms with Gasteiger partial charge in [0.25, 0.3) is 0 Å². The van der Waals surface area contributed by atoms with Gasteiger partial charge in [0.2, 0.25) is 0 Å². The summed E-state index contributed by atoms with van der Waals surface area (Å²) in [6.07, 6.45) is 2.23. The fourth-order valence-corrected chi connectivity index (χ4v) is 5.59. The van der Waals surface area contributed by atoms with E-state index in [-0.39, 0.29) is 26.4 Å². The van der Waals surface area contributed by atoms with E-state index in [2.05, 4.69) is 90.5 Å². The minimum absolute atomic E-state index is 0.0792. The highest BCUT2D eigenvalue weighted by molar-refractivity contribution is 6.28. The molecule has 0 spiro atoms. The van der Waals surface area contributed by atoms with Crippen LogP contribution in [0.15, 0.2) is 116 Å². The number of aromatic nitrogens is 1. The number of carbonyl (C=O) groups excluding carboxylic acids is 2. The summed E-state index contributed by atoms with van der Waals surface area (Å²) in [5, 5.41) is 7.21. The maximum absolute atomic E-state index is 11.4. The van der Waals surface area contributed by atoms with Crippen molar-refractivity contribution in [2.24, 2.45) is 0 Å². The summed E-state index contributed by atoms with van der Waals surface area (Å²) in [6, 6.07) is 31.3. The van der Waals surface area contributed by atoms with Gasteiger partial charge in [0, 0.05) is 35.5 Å². The molecule has 0 saturated carbocycles. The van der Waals surface area contributed by atoms with Crippen LogP contribution in [0, 0.1) is 0 Å². The summed E-state index contributed by atoms with van der Waals surface area (Å²) in [5.41, 5.74) is 3.19. The lowest BCUT2D eigenvalue weighted by molar-refractivity contribution is -0.139. The number of carbonyl (C=O) groups is 2. The van der Waals surface area contributed by atoms with Crippen LogP contribution < -0.4 is 9.47 Å². The van der Waals surface area contributed by atoms with Crippen LogP contribution in [0.25, 0.3) is 43.4 Å². The summed E-state index contributed by atoms with van der Waals surface area (Å²) >= 11 is 0. The van der Waals surface area contributed by atoms with Crippen LogP contribution >= 0.6 is 0 Å². The van der Waals surface area contributed by atoms with Gasteiger partial charge in [-0.2, -0.15) is 0 Å². The summed E-state index contributed by atoms with van der Waals surface area (Å²) in [5.74, 6) is 0.109. The minimum Gasteiger partial charge on any atom is -0.490 e. The van der Waals surface area contributed by atoms with E-state index in [9.17, 15) is 9.59 Å². The van der Waals surface area contributed by atoms with Gasteiger partial charge in [-0.3, -0.25) is 0 Å². The SMILES string of the molecule is C=CC(=O)OCCOc1cc(Cn2c3ccc4ccccc4c3c3c4ccccc4ccc32)cc(OCCOC(=O)C=C)c1. The molecule has 0 aliphatic rings. The molecule has 7 nitrogen and oxygen atoms in total. The Labute approximate surface area is 254 Å². The molecule has 5 aromatic carbocycles. The van der Waals surface area contributed by atoms with Crippen LogP contribution in [0.3, 0.4) is 0 Å². The summed E-state index contributed by atoms with van der Waals surface area (Å²) in [6.45, 7) is 7.85. The Bertz CT molecular complexity index is 1900. The Kier molecular flexibility index (Phi) is 8.28. The molecule has 44 heavy (non-hydrogen) atoms.